The van der Waals surface area contributed by atoms with Gasteiger partial charge >= 0.3 is 5.97 Å². The van der Waals surface area contributed by atoms with Crippen LogP contribution in [0.3, 0.4) is 0 Å². The van der Waals surface area contributed by atoms with E-state index < -0.39 is 5.54 Å². The first-order valence-electron chi connectivity index (χ1n) is 6.58. The normalized spacial score (nSPS) is 28.5. The summed E-state index contributed by atoms with van der Waals surface area (Å²) < 4.78 is 5.01. The molecule has 1 rings (SSSR count). The number of hydrogen-bond acceptors (Lipinski definition) is 4. The Bertz CT molecular complexity index is 258. The molecule has 0 saturated carbocycles. The standard InChI is InChI=1S/C13H26N2O2/c1-5-11(2)14-13(12(16)17-4)7-6-9-15(3)10-8-13/h11,14H,5-10H2,1-4H3. The zero-order chi connectivity index (χ0) is 12.9. The Morgan fingerprint density at radius 1 is 1.47 bits per heavy atom. The van der Waals surface area contributed by atoms with E-state index in [2.05, 4.69) is 31.1 Å². The van der Waals surface area contributed by atoms with Gasteiger partial charge in [0.05, 0.1) is 7.11 Å². The average Bonchev–Trinajstić information content (AvgIpc) is 2.51. The number of carbonyl (C=O) groups is 1. The van der Waals surface area contributed by atoms with E-state index in [9.17, 15) is 4.79 Å². The van der Waals surface area contributed by atoms with E-state index in [1.54, 1.807) is 0 Å². The molecule has 1 fully saturated rings. The Balaban J connectivity index is 2.80. The molecule has 2 unspecified atom stereocenters. The average molecular weight is 242 g/mol. The summed E-state index contributed by atoms with van der Waals surface area (Å²) in [5, 5.41) is 3.49. The van der Waals surface area contributed by atoms with Crippen LogP contribution in [0.25, 0.3) is 0 Å². The second kappa shape index (κ2) is 6.36. The molecule has 2 atom stereocenters. The van der Waals surface area contributed by atoms with Crippen molar-refractivity contribution < 1.29 is 9.53 Å². The van der Waals surface area contributed by atoms with Crippen LogP contribution >= 0.6 is 0 Å². The van der Waals surface area contributed by atoms with Crippen molar-refractivity contribution in [3.8, 4) is 0 Å². The Morgan fingerprint density at radius 3 is 2.76 bits per heavy atom. The molecule has 100 valence electrons. The van der Waals surface area contributed by atoms with E-state index >= 15 is 0 Å². The number of nitrogens with zero attached hydrogens (tertiary/aromatic N) is 1. The molecule has 0 bridgehead atoms. The van der Waals surface area contributed by atoms with E-state index in [0.717, 1.165) is 38.8 Å². The molecule has 0 aliphatic carbocycles. The van der Waals surface area contributed by atoms with E-state index in [1.807, 2.05) is 0 Å². The van der Waals surface area contributed by atoms with Crippen molar-refractivity contribution in [1.82, 2.24) is 10.2 Å². The van der Waals surface area contributed by atoms with Crippen molar-refractivity contribution in [3.63, 3.8) is 0 Å². The predicted octanol–water partition coefficient (Wildman–Crippen LogP) is 1.40. The lowest BCUT2D eigenvalue weighted by atomic mass is 9.89. The van der Waals surface area contributed by atoms with Crippen LogP contribution in [-0.4, -0.2) is 49.7 Å². The number of nitrogens with one attached hydrogen (secondary N) is 1. The van der Waals surface area contributed by atoms with E-state index in [1.165, 1.54) is 7.11 Å². The van der Waals surface area contributed by atoms with Crippen molar-refractivity contribution in [1.29, 1.82) is 0 Å². The van der Waals surface area contributed by atoms with Crippen molar-refractivity contribution in [2.24, 2.45) is 0 Å². The lowest BCUT2D eigenvalue weighted by Crippen LogP contribution is -2.56. The zero-order valence-corrected chi connectivity index (χ0v) is 11.6. The largest absolute Gasteiger partial charge is 0.468 e. The molecule has 17 heavy (non-hydrogen) atoms. The smallest absolute Gasteiger partial charge is 0.326 e. The van der Waals surface area contributed by atoms with Crippen molar-refractivity contribution >= 4 is 5.97 Å². The molecule has 0 aromatic rings. The molecule has 0 radical (unpaired) electrons. The molecular formula is C13H26N2O2. The van der Waals surface area contributed by atoms with Gasteiger partial charge in [-0.3, -0.25) is 10.1 Å². The molecule has 1 aliphatic heterocycles. The van der Waals surface area contributed by atoms with Crippen LogP contribution < -0.4 is 5.32 Å². The van der Waals surface area contributed by atoms with E-state index in [-0.39, 0.29) is 5.97 Å². The Hall–Kier alpha value is -0.610. The third-order valence-corrected chi connectivity index (χ3v) is 3.77. The van der Waals surface area contributed by atoms with Gasteiger partial charge in [0.1, 0.15) is 5.54 Å². The van der Waals surface area contributed by atoms with Gasteiger partial charge in [0.25, 0.3) is 0 Å². The Kier molecular flexibility index (Phi) is 5.40. The topological polar surface area (TPSA) is 41.6 Å². The highest BCUT2D eigenvalue weighted by molar-refractivity contribution is 5.80. The van der Waals surface area contributed by atoms with Crippen LogP contribution in [0.5, 0.6) is 0 Å². The highest BCUT2D eigenvalue weighted by atomic mass is 16.5. The van der Waals surface area contributed by atoms with Crippen LogP contribution in [0.1, 0.15) is 39.5 Å². The summed E-state index contributed by atoms with van der Waals surface area (Å²) in [6, 6.07) is 0.345. The van der Waals surface area contributed by atoms with Crippen LogP contribution in [0, 0.1) is 0 Å². The van der Waals surface area contributed by atoms with E-state index in [4.69, 9.17) is 4.74 Å². The number of methoxy groups -OCH3 is 1. The SMILES string of the molecule is CCC(C)NC1(C(=O)OC)CCCN(C)CC1. The Labute approximate surface area is 105 Å². The second-order valence-corrected chi connectivity index (χ2v) is 5.18. The summed E-state index contributed by atoms with van der Waals surface area (Å²) >= 11 is 0. The number of hydrogen-bond donors (Lipinski definition) is 1. The van der Waals surface area contributed by atoms with Gasteiger partial charge in [-0.05, 0) is 46.2 Å². The van der Waals surface area contributed by atoms with Gasteiger partial charge in [-0.25, -0.2) is 0 Å². The summed E-state index contributed by atoms with van der Waals surface area (Å²) in [7, 11) is 3.59. The van der Waals surface area contributed by atoms with Crippen molar-refractivity contribution in [2.75, 3.05) is 27.2 Å². The van der Waals surface area contributed by atoms with Gasteiger partial charge in [-0.15, -0.1) is 0 Å². The number of ether oxygens (including phenoxy) is 1. The first-order valence-corrected chi connectivity index (χ1v) is 6.58. The fourth-order valence-electron chi connectivity index (χ4n) is 2.45. The first kappa shape index (κ1) is 14.5. The van der Waals surface area contributed by atoms with E-state index in [0.29, 0.717) is 6.04 Å². The molecule has 1 aliphatic rings. The molecule has 0 aromatic carbocycles. The van der Waals surface area contributed by atoms with Gasteiger partial charge in [0.15, 0.2) is 0 Å². The summed E-state index contributed by atoms with van der Waals surface area (Å²) in [6.45, 7) is 6.25. The summed E-state index contributed by atoms with van der Waals surface area (Å²) in [6.07, 6.45) is 3.76. The maximum absolute atomic E-state index is 12.1. The predicted molar refractivity (Wildman–Crippen MR) is 69.0 cm³/mol. The minimum Gasteiger partial charge on any atom is -0.468 e. The minimum atomic E-state index is -0.477. The maximum Gasteiger partial charge on any atom is 0.326 e. The maximum atomic E-state index is 12.1. The van der Waals surface area contributed by atoms with Crippen molar-refractivity contribution in [2.45, 2.75) is 51.1 Å². The summed E-state index contributed by atoms with van der Waals surface area (Å²) in [4.78, 5) is 14.4. The van der Waals surface area contributed by atoms with Gasteiger partial charge in [-0.1, -0.05) is 6.92 Å². The minimum absolute atomic E-state index is 0.104. The van der Waals surface area contributed by atoms with Gasteiger partial charge in [0.2, 0.25) is 0 Å². The lowest BCUT2D eigenvalue weighted by molar-refractivity contribution is -0.149. The molecule has 0 amide bonds. The van der Waals surface area contributed by atoms with Crippen LogP contribution in [0.15, 0.2) is 0 Å². The monoisotopic (exact) mass is 242 g/mol. The third kappa shape index (κ3) is 3.68. The number of likely N-dealkylation sites (tertiary alicyclic amines) is 1. The van der Waals surface area contributed by atoms with Crippen LogP contribution in [-0.2, 0) is 9.53 Å². The molecule has 4 nitrogen and oxygen atoms in total. The molecule has 0 aromatic heterocycles. The quantitative estimate of drug-likeness (QED) is 0.757. The van der Waals surface area contributed by atoms with Crippen LogP contribution in [0.2, 0.25) is 0 Å². The first-order chi connectivity index (χ1) is 8.04. The fourth-order valence-corrected chi connectivity index (χ4v) is 2.45. The Morgan fingerprint density at radius 2 is 2.18 bits per heavy atom. The molecule has 1 N–H and O–H groups in total. The van der Waals surface area contributed by atoms with Gasteiger partial charge in [0, 0.05) is 12.6 Å². The van der Waals surface area contributed by atoms with Crippen LogP contribution in [0.4, 0.5) is 0 Å². The fraction of sp³-hybridized carbons (Fsp3) is 0.923. The zero-order valence-electron chi connectivity index (χ0n) is 11.6. The number of rotatable bonds is 4. The molecule has 1 saturated heterocycles. The van der Waals surface area contributed by atoms with Gasteiger partial charge < -0.3 is 9.64 Å². The number of carbonyl (C=O) groups excluding carboxylic acids is 1. The van der Waals surface area contributed by atoms with Crippen molar-refractivity contribution in [3.05, 3.63) is 0 Å². The molecule has 1 heterocycles. The number of esters is 1. The molecular weight excluding hydrogens is 216 g/mol. The highest BCUT2D eigenvalue weighted by Crippen LogP contribution is 2.24. The molecule has 4 heteroatoms. The summed E-state index contributed by atoms with van der Waals surface area (Å²) in [5.74, 6) is -0.104. The molecule has 0 spiro atoms. The lowest BCUT2D eigenvalue weighted by Gasteiger charge is -2.33. The van der Waals surface area contributed by atoms with Gasteiger partial charge in [-0.2, -0.15) is 0 Å². The second-order valence-electron chi connectivity index (χ2n) is 5.18. The summed E-state index contributed by atoms with van der Waals surface area (Å²) in [5.41, 5.74) is -0.477. The highest BCUT2D eigenvalue weighted by Gasteiger charge is 2.40. The third-order valence-electron chi connectivity index (χ3n) is 3.77.